The summed E-state index contributed by atoms with van der Waals surface area (Å²) < 4.78 is 0. The number of hydrogen-bond donors (Lipinski definition) is 2. The first-order valence-electron chi connectivity index (χ1n) is 8.24. The van der Waals surface area contributed by atoms with Crippen LogP contribution in [0.5, 0.6) is 0 Å². The van der Waals surface area contributed by atoms with Crippen LogP contribution >= 0.6 is 23.2 Å². The van der Waals surface area contributed by atoms with Crippen LogP contribution in [0.3, 0.4) is 0 Å². The van der Waals surface area contributed by atoms with Crippen LogP contribution in [-0.2, 0) is 17.6 Å². The van der Waals surface area contributed by atoms with E-state index in [9.17, 15) is 10.1 Å². The molecule has 0 aliphatic carbocycles. The van der Waals surface area contributed by atoms with E-state index in [-0.39, 0.29) is 5.57 Å². The highest BCUT2D eigenvalue weighted by atomic mass is 35.5. The highest BCUT2D eigenvalue weighted by molar-refractivity contribution is 6.39. The van der Waals surface area contributed by atoms with Crippen molar-refractivity contribution in [2.75, 3.05) is 10.6 Å². The molecule has 0 aromatic heterocycles. The molecule has 2 rings (SSSR count). The molecule has 0 aliphatic rings. The summed E-state index contributed by atoms with van der Waals surface area (Å²) in [5.74, 6) is -0.487. The highest BCUT2D eigenvalue weighted by Crippen LogP contribution is 2.30. The summed E-state index contributed by atoms with van der Waals surface area (Å²) in [6.07, 6.45) is 2.87. The molecule has 1 amide bonds. The van der Waals surface area contributed by atoms with E-state index >= 15 is 0 Å². The molecular weight excluding hydrogens is 369 g/mol. The van der Waals surface area contributed by atoms with Crippen LogP contribution in [0.15, 0.2) is 48.2 Å². The number of para-hydroxylation sites is 2. The molecule has 134 valence electrons. The lowest BCUT2D eigenvalue weighted by Crippen LogP contribution is -2.17. The fraction of sp³-hybridized carbons (Fsp3) is 0.200. The molecule has 0 fully saturated rings. The zero-order chi connectivity index (χ0) is 19.1. The summed E-state index contributed by atoms with van der Waals surface area (Å²) in [4.78, 5) is 12.6. The molecule has 0 unspecified atom stereocenters. The normalized spacial score (nSPS) is 11.0. The number of aryl methyl sites for hydroxylation is 2. The maximum absolute atomic E-state index is 12.6. The van der Waals surface area contributed by atoms with Gasteiger partial charge in [0.05, 0.1) is 15.7 Å². The topological polar surface area (TPSA) is 64.9 Å². The quantitative estimate of drug-likeness (QED) is 0.502. The molecule has 2 aromatic rings. The number of carbonyl (C=O) groups is 1. The molecule has 0 saturated carbocycles. The van der Waals surface area contributed by atoms with E-state index < -0.39 is 5.91 Å². The van der Waals surface area contributed by atoms with Crippen molar-refractivity contribution < 1.29 is 4.79 Å². The Morgan fingerprint density at radius 1 is 1.04 bits per heavy atom. The smallest absolute Gasteiger partial charge is 0.267 e. The Morgan fingerprint density at radius 2 is 1.58 bits per heavy atom. The maximum Gasteiger partial charge on any atom is 0.267 e. The Bertz CT molecular complexity index is 843. The van der Waals surface area contributed by atoms with Crippen molar-refractivity contribution in [2.45, 2.75) is 26.7 Å². The molecule has 0 heterocycles. The number of nitrogens with one attached hydrogen (secondary N) is 2. The third-order valence-corrected chi connectivity index (χ3v) is 4.56. The van der Waals surface area contributed by atoms with E-state index in [0.29, 0.717) is 15.7 Å². The lowest BCUT2D eigenvalue weighted by Gasteiger charge is -2.14. The van der Waals surface area contributed by atoms with E-state index in [4.69, 9.17) is 23.2 Å². The predicted octanol–water partition coefficient (Wildman–Crippen LogP) is 5.58. The number of nitrogens with zero attached hydrogens (tertiary/aromatic N) is 1. The zero-order valence-electron chi connectivity index (χ0n) is 14.6. The van der Waals surface area contributed by atoms with Crippen molar-refractivity contribution in [1.82, 2.24) is 0 Å². The SMILES string of the molecule is CCc1cccc(CC)c1NC(=O)/C(C#N)=C\Nc1c(Cl)cccc1Cl. The van der Waals surface area contributed by atoms with Gasteiger partial charge in [-0.1, -0.05) is 61.3 Å². The van der Waals surface area contributed by atoms with E-state index in [2.05, 4.69) is 10.6 Å². The number of rotatable bonds is 6. The summed E-state index contributed by atoms with van der Waals surface area (Å²) in [6, 6.07) is 12.9. The first-order chi connectivity index (χ1) is 12.5. The number of halogens is 2. The lowest BCUT2D eigenvalue weighted by atomic mass is 10.0. The molecule has 6 heteroatoms. The Kier molecular flexibility index (Phi) is 7.08. The van der Waals surface area contributed by atoms with Crippen molar-refractivity contribution in [3.8, 4) is 6.07 Å². The Labute approximate surface area is 163 Å². The summed E-state index contributed by atoms with van der Waals surface area (Å²) >= 11 is 12.2. The molecule has 26 heavy (non-hydrogen) atoms. The monoisotopic (exact) mass is 387 g/mol. The van der Waals surface area contributed by atoms with Crippen molar-refractivity contribution in [1.29, 1.82) is 5.26 Å². The van der Waals surface area contributed by atoms with Gasteiger partial charge in [0, 0.05) is 11.9 Å². The fourth-order valence-electron chi connectivity index (χ4n) is 2.51. The van der Waals surface area contributed by atoms with E-state index in [1.54, 1.807) is 18.2 Å². The number of carbonyl (C=O) groups excluding carboxylic acids is 1. The van der Waals surface area contributed by atoms with Crippen molar-refractivity contribution >= 4 is 40.5 Å². The second-order valence-corrected chi connectivity index (χ2v) is 6.34. The zero-order valence-corrected chi connectivity index (χ0v) is 16.1. The predicted molar refractivity (Wildman–Crippen MR) is 108 cm³/mol. The highest BCUT2D eigenvalue weighted by Gasteiger charge is 2.14. The van der Waals surface area contributed by atoms with Gasteiger partial charge in [-0.25, -0.2) is 0 Å². The minimum Gasteiger partial charge on any atom is -0.358 e. The summed E-state index contributed by atoms with van der Waals surface area (Å²) in [6.45, 7) is 4.04. The standard InChI is InChI=1S/C20H19Cl2N3O/c1-3-13-7-5-8-14(4-2)18(13)25-20(26)15(11-23)12-24-19-16(21)9-6-10-17(19)22/h5-10,12,24H,3-4H2,1-2H3,(H,25,26)/b15-12-. The lowest BCUT2D eigenvalue weighted by molar-refractivity contribution is -0.112. The number of hydrogen-bond acceptors (Lipinski definition) is 3. The van der Waals surface area contributed by atoms with Crippen molar-refractivity contribution in [3.05, 3.63) is 69.3 Å². The van der Waals surface area contributed by atoms with Gasteiger partial charge in [-0.15, -0.1) is 0 Å². The molecule has 2 N–H and O–H groups in total. The number of anilines is 2. The third kappa shape index (κ3) is 4.57. The van der Waals surface area contributed by atoms with Crippen LogP contribution in [0.2, 0.25) is 10.0 Å². The van der Waals surface area contributed by atoms with E-state index in [0.717, 1.165) is 29.7 Å². The van der Waals surface area contributed by atoms with Crippen LogP contribution < -0.4 is 10.6 Å². The summed E-state index contributed by atoms with van der Waals surface area (Å²) in [7, 11) is 0. The van der Waals surface area contributed by atoms with Crippen LogP contribution in [0.4, 0.5) is 11.4 Å². The van der Waals surface area contributed by atoms with Gasteiger partial charge < -0.3 is 10.6 Å². The first kappa shape index (κ1) is 19.8. The van der Waals surface area contributed by atoms with Gasteiger partial charge in [0.2, 0.25) is 0 Å². The maximum atomic E-state index is 12.6. The average molecular weight is 388 g/mol. The molecule has 0 spiro atoms. The summed E-state index contributed by atoms with van der Waals surface area (Å²) in [5.41, 5.74) is 3.18. The number of benzene rings is 2. The molecule has 2 aromatic carbocycles. The second-order valence-electron chi connectivity index (χ2n) is 5.52. The largest absolute Gasteiger partial charge is 0.358 e. The molecular formula is C20H19Cl2N3O. The van der Waals surface area contributed by atoms with Gasteiger partial charge in [-0.3, -0.25) is 4.79 Å². The molecule has 0 radical (unpaired) electrons. The second kappa shape index (κ2) is 9.28. The first-order valence-corrected chi connectivity index (χ1v) is 9.00. The Balaban J connectivity index is 2.26. The molecule has 0 saturated heterocycles. The summed E-state index contributed by atoms with van der Waals surface area (Å²) in [5, 5.41) is 15.9. The fourth-order valence-corrected chi connectivity index (χ4v) is 3.02. The van der Waals surface area contributed by atoms with Crippen molar-refractivity contribution in [2.24, 2.45) is 0 Å². The number of nitriles is 1. The van der Waals surface area contributed by atoms with Crippen LogP contribution in [0.25, 0.3) is 0 Å². The van der Waals surface area contributed by atoms with E-state index in [1.807, 2.05) is 38.1 Å². The Morgan fingerprint density at radius 3 is 2.08 bits per heavy atom. The number of amides is 1. The van der Waals surface area contributed by atoms with Crippen LogP contribution in [0, 0.1) is 11.3 Å². The third-order valence-electron chi connectivity index (χ3n) is 3.93. The van der Waals surface area contributed by atoms with Crippen LogP contribution in [0.1, 0.15) is 25.0 Å². The van der Waals surface area contributed by atoms with Crippen LogP contribution in [-0.4, -0.2) is 5.91 Å². The van der Waals surface area contributed by atoms with Gasteiger partial charge in [0.15, 0.2) is 0 Å². The Hall–Kier alpha value is -2.48. The van der Waals surface area contributed by atoms with Gasteiger partial charge in [0.1, 0.15) is 11.6 Å². The molecule has 4 nitrogen and oxygen atoms in total. The van der Waals surface area contributed by atoms with Crippen molar-refractivity contribution in [3.63, 3.8) is 0 Å². The van der Waals surface area contributed by atoms with Gasteiger partial charge in [-0.2, -0.15) is 5.26 Å². The minimum atomic E-state index is -0.487. The molecule has 0 bridgehead atoms. The average Bonchev–Trinajstić information content (AvgIpc) is 2.64. The van der Waals surface area contributed by atoms with Gasteiger partial charge in [-0.05, 0) is 36.1 Å². The minimum absolute atomic E-state index is 0.0751. The molecule has 0 atom stereocenters. The van der Waals surface area contributed by atoms with E-state index in [1.165, 1.54) is 6.20 Å². The molecule has 0 aliphatic heterocycles. The van der Waals surface area contributed by atoms with Gasteiger partial charge in [0.25, 0.3) is 5.91 Å². The van der Waals surface area contributed by atoms with Gasteiger partial charge >= 0.3 is 0 Å².